The standard InChI is InChI=1S/C12H25NO/c1-10(2)12(6-4-8-14)11-5-3-7-13-9-11/h10-14H,3-9H2,1-2H3. The Morgan fingerprint density at radius 2 is 2.21 bits per heavy atom. The maximum atomic E-state index is 8.88. The zero-order chi connectivity index (χ0) is 10.4. The Bertz CT molecular complexity index is 141. The van der Waals surface area contributed by atoms with Crippen LogP contribution in [0.2, 0.25) is 0 Å². The maximum Gasteiger partial charge on any atom is 0.0431 e. The first-order valence-corrected chi connectivity index (χ1v) is 6.07. The molecule has 0 amide bonds. The molecule has 1 saturated heterocycles. The second kappa shape index (κ2) is 6.41. The third kappa shape index (κ3) is 3.58. The van der Waals surface area contributed by atoms with Crippen molar-refractivity contribution in [2.24, 2.45) is 17.8 Å². The van der Waals surface area contributed by atoms with Crippen LogP contribution in [0.5, 0.6) is 0 Å². The Morgan fingerprint density at radius 1 is 1.43 bits per heavy atom. The third-order valence-corrected chi connectivity index (χ3v) is 3.49. The van der Waals surface area contributed by atoms with E-state index in [1.54, 1.807) is 0 Å². The van der Waals surface area contributed by atoms with Crippen LogP contribution >= 0.6 is 0 Å². The minimum atomic E-state index is 0.351. The normalized spacial score (nSPS) is 25.3. The van der Waals surface area contributed by atoms with E-state index < -0.39 is 0 Å². The van der Waals surface area contributed by atoms with Gasteiger partial charge >= 0.3 is 0 Å². The summed E-state index contributed by atoms with van der Waals surface area (Å²) in [6.45, 7) is 7.37. The molecule has 0 spiro atoms. The molecule has 0 radical (unpaired) electrons. The van der Waals surface area contributed by atoms with E-state index in [0.717, 1.165) is 24.2 Å². The van der Waals surface area contributed by atoms with E-state index in [9.17, 15) is 0 Å². The monoisotopic (exact) mass is 199 g/mol. The predicted molar refractivity (Wildman–Crippen MR) is 60.2 cm³/mol. The zero-order valence-electron chi connectivity index (χ0n) is 9.63. The number of aliphatic hydroxyl groups excluding tert-OH is 1. The Kier molecular flexibility index (Phi) is 5.49. The van der Waals surface area contributed by atoms with E-state index in [1.165, 1.54) is 32.4 Å². The smallest absolute Gasteiger partial charge is 0.0431 e. The molecule has 0 saturated carbocycles. The average molecular weight is 199 g/mol. The lowest BCUT2D eigenvalue weighted by Crippen LogP contribution is -2.36. The third-order valence-electron chi connectivity index (χ3n) is 3.49. The fourth-order valence-electron chi connectivity index (χ4n) is 2.68. The van der Waals surface area contributed by atoms with Gasteiger partial charge < -0.3 is 10.4 Å². The minimum Gasteiger partial charge on any atom is -0.396 e. The molecule has 2 heteroatoms. The predicted octanol–water partition coefficient (Wildman–Crippen LogP) is 2.03. The molecule has 2 nitrogen and oxygen atoms in total. The van der Waals surface area contributed by atoms with Gasteiger partial charge in [0.1, 0.15) is 0 Å². The molecule has 2 N–H and O–H groups in total. The largest absolute Gasteiger partial charge is 0.396 e. The van der Waals surface area contributed by atoms with Crippen molar-refractivity contribution in [2.75, 3.05) is 19.7 Å². The van der Waals surface area contributed by atoms with Crippen LogP contribution in [0.3, 0.4) is 0 Å². The summed E-state index contributed by atoms with van der Waals surface area (Å²) in [5.41, 5.74) is 0. The topological polar surface area (TPSA) is 32.3 Å². The van der Waals surface area contributed by atoms with Crippen LogP contribution in [-0.2, 0) is 0 Å². The van der Waals surface area contributed by atoms with Gasteiger partial charge in [-0.1, -0.05) is 13.8 Å². The Balaban J connectivity index is 2.39. The fourth-order valence-corrected chi connectivity index (χ4v) is 2.68. The molecular weight excluding hydrogens is 174 g/mol. The molecule has 0 aromatic rings. The van der Waals surface area contributed by atoms with Crippen LogP contribution in [0.15, 0.2) is 0 Å². The summed E-state index contributed by atoms with van der Waals surface area (Å²) in [7, 11) is 0. The highest BCUT2D eigenvalue weighted by atomic mass is 16.2. The second-order valence-corrected chi connectivity index (χ2v) is 4.88. The number of aliphatic hydroxyl groups is 1. The quantitative estimate of drug-likeness (QED) is 0.710. The van der Waals surface area contributed by atoms with Crippen molar-refractivity contribution in [3.63, 3.8) is 0 Å². The molecule has 0 aliphatic carbocycles. The molecule has 0 aromatic carbocycles. The molecule has 1 aliphatic heterocycles. The van der Waals surface area contributed by atoms with Gasteiger partial charge in [-0.2, -0.15) is 0 Å². The average Bonchev–Trinajstić information content (AvgIpc) is 2.19. The van der Waals surface area contributed by atoms with E-state index in [4.69, 9.17) is 5.11 Å². The first kappa shape index (κ1) is 12.0. The van der Waals surface area contributed by atoms with Crippen molar-refractivity contribution in [1.29, 1.82) is 0 Å². The van der Waals surface area contributed by atoms with Crippen molar-refractivity contribution in [2.45, 2.75) is 39.5 Å². The number of nitrogens with one attached hydrogen (secondary N) is 1. The fraction of sp³-hybridized carbons (Fsp3) is 1.00. The number of rotatable bonds is 5. The highest BCUT2D eigenvalue weighted by Gasteiger charge is 2.25. The number of hydrogen-bond donors (Lipinski definition) is 2. The molecule has 2 atom stereocenters. The Labute approximate surface area is 88.1 Å². The summed E-state index contributed by atoms with van der Waals surface area (Å²) in [4.78, 5) is 0. The lowest BCUT2D eigenvalue weighted by atomic mass is 9.77. The van der Waals surface area contributed by atoms with Gasteiger partial charge in [0, 0.05) is 6.61 Å². The summed E-state index contributed by atoms with van der Waals surface area (Å²) >= 11 is 0. The van der Waals surface area contributed by atoms with E-state index in [-0.39, 0.29) is 0 Å². The van der Waals surface area contributed by atoms with Crippen LogP contribution in [0.1, 0.15) is 39.5 Å². The first-order valence-electron chi connectivity index (χ1n) is 6.07. The minimum absolute atomic E-state index is 0.351. The van der Waals surface area contributed by atoms with E-state index in [0.29, 0.717) is 6.61 Å². The van der Waals surface area contributed by atoms with Crippen LogP contribution in [0.4, 0.5) is 0 Å². The lowest BCUT2D eigenvalue weighted by molar-refractivity contribution is 0.177. The summed E-state index contributed by atoms with van der Waals surface area (Å²) < 4.78 is 0. The van der Waals surface area contributed by atoms with Gasteiger partial charge in [0.25, 0.3) is 0 Å². The SMILES string of the molecule is CC(C)C(CCCO)C1CCCNC1. The van der Waals surface area contributed by atoms with Crippen molar-refractivity contribution in [1.82, 2.24) is 5.32 Å². The molecule has 0 aromatic heterocycles. The van der Waals surface area contributed by atoms with Gasteiger partial charge in [-0.05, 0) is 56.5 Å². The van der Waals surface area contributed by atoms with Crippen molar-refractivity contribution >= 4 is 0 Å². The van der Waals surface area contributed by atoms with Crippen LogP contribution in [-0.4, -0.2) is 24.8 Å². The van der Waals surface area contributed by atoms with Gasteiger partial charge in [0.05, 0.1) is 0 Å². The van der Waals surface area contributed by atoms with Gasteiger partial charge in [-0.15, -0.1) is 0 Å². The summed E-state index contributed by atoms with van der Waals surface area (Å²) in [6.07, 6.45) is 4.87. The van der Waals surface area contributed by atoms with Gasteiger partial charge in [0.2, 0.25) is 0 Å². The molecule has 2 unspecified atom stereocenters. The number of piperidine rings is 1. The van der Waals surface area contributed by atoms with Crippen LogP contribution in [0, 0.1) is 17.8 Å². The van der Waals surface area contributed by atoms with Crippen LogP contribution in [0.25, 0.3) is 0 Å². The van der Waals surface area contributed by atoms with Crippen molar-refractivity contribution in [3.05, 3.63) is 0 Å². The summed E-state index contributed by atoms with van der Waals surface area (Å²) in [5.74, 6) is 2.40. The molecule has 84 valence electrons. The lowest BCUT2D eigenvalue weighted by Gasteiger charge is -2.33. The van der Waals surface area contributed by atoms with Gasteiger partial charge in [-0.3, -0.25) is 0 Å². The van der Waals surface area contributed by atoms with Gasteiger partial charge in [0.15, 0.2) is 0 Å². The summed E-state index contributed by atoms with van der Waals surface area (Å²) in [5, 5.41) is 12.4. The molecular formula is C12H25NO. The first-order chi connectivity index (χ1) is 6.75. The van der Waals surface area contributed by atoms with E-state index >= 15 is 0 Å². The zero-order valence-corrected chi connectivity index (χ0v) is 9.63. The summed E-state index contributed by atoms with van der Waals surface area (Å²) in [6, 6.07) is 0. The molecule has 1 aliphatic rings. The molecule has 1 heterocycles. The van der Waals surface area contributed by atoms with Gasteiger partial charge in [-0.25, -0.2) is 0 Å². The van der Waals surface area contributed by atoms with E-state index in [2.05, 4.69) is 19.2 Å². The molecule has 14 heavy (non-hydrogen) atoms. The Morgan fingerprint density at radius 3 is 2.71 bits per heavy atom. The highest BCUT2D eigenvalue weighted by molar-refractivity contribution is 4.78. The molecule has 1 fully saturated rings. The van der Waals surface area contributed by atoms with E-state index in [1.807, 2.05) is 0 Å². The highest BCUT2D eigenvalue weighted by Crippen LogP contribution is 2.30. The maximum absolute atomic E-state index is 8.88. The second-order valence-electron chi connectivity index (χ2n) is 4.88. The Hall–Kier alpha value is -0.0800. The van der Waals surface area contributed by atoms with Crippen molar-refractivity contribution < 1.29 is 5.11 Å². The number of hydrogen-bond acceptors (Lipinski definition) is 2. The molecule has 1 rings (SSSR count). The molecule has 0 bridgehead atoms. The van der Waals surface area contributed by atoms with Crippen molar-refractivity contribution in [3.8, 4) is 0 Å². The van der Waals surface area contributed by atoms with Crippen LogP contribution < -0.4 is 5.32 Å².